The number of nitrogens with two attached hydrogens (primary N) is 1. The van der Waals surface area contributed by atoms with Gasteiger partial charge in [-0.1, -0.05) is 6.07 Å². The average molecular weight is 280 g/mol. The number of benzene rings is 1. The summed E-state index contributed by atoms with van der Waals surface area (Å²) in [6.45, 7) is 5.08. The summed E-state index contributed by atoms with van der Waals surface area (Å²) in [7, 11) is -3.67. The average Bonchev–Trinajstić information content (AvgIpc) is 2.65. The predicted molar refractivity (Wildman–Crippen MR) is 74.5 cm³/mol. The van der Waals surface area contributed by atoms with Crippen molar-refractivity contribution in [2.75, 3.05) is 10.5 Å². The second kappa shape index (κ2) is 4.58. The Balaban J connectivity index is 2.46. The van der Waals surface area contributed by atoms with Crippen LogP contribution in [0.2, 0.25) is 0 Å². The van der Waals surface area contributed by atoms with E-state index in [1.807, 2.05) is 0 Å². The molecule has 1 aromatic carbocycles. The zero-order chi connectivity index (χ0) is 14.2. The summed E-state index contributed by atoms with van der Waals surface area (Å²) in [6.07, 6.45) is 0. The molecule has 2 aromatic rings. The molecule has 0 aliphatic carbocycles. The van der Waals surface area contributed by atoms with Crippen molar-refractivity contribution in [1.82, 2.24) is 10.2 Å². The van der Waals surface area contributed by atoms with Crippen LogP contribution in [0.1, 0.15) is 17.0 Å². The maximum Gasteiger partial charge on any atom is 0.265 e. The molecule has 1 aromatic heterocycles. The van der Waals surface area contributed by atoms with Crippen molar-refractivity contribution < 1.29 is 8.42 Å². The topological polar surface area (TPSA) is 101 Å². The molecule has 0 aliphatic heterocycles. The van der Waals surface area contributed by atoms with Gasteiger partial charge in [0.1, 0.15) is 4.90 Å². The molecule has 7 heteroatoms. The molecule has 0 aliphatic rings. The van der Waals surface area contributed by atoms with Crippen LogP contribution in [-0.4, -0.2) is 18.6 Å². The quantitative estimate of drug-likeness (QED) is 0.745. The number of nitrogen functional groups attached to an aromatic ring is 1. The monoisotopic (exact) mass is 280 g/mol. The molecule has 6 nitrogen and oxygen atoms in total. The fourth-order valence-corrected chi connectivity index (χ4v) is 3.39. The van der Waals surface area contributed by atoms with Gasteiger partial charge in [-0.2, -0.15) is 5.10 Å². The second-order valence-corrected chi connectivity index (χ2v) is 6.01. The van der Waals surface area contributed by atoms with Gasteiger partial charge in [0.15, 0.2) is 0 Å². The highest BCUT2D eigenvalue weighted by Crippen LogP contribution is 2.25. The molecule has 1 heterocycles. The number of hydrogen-bond acceptors (Lipinski definition) is 4. The predicted octanol–water partition coefficient (Wildman–Crippen LogP) is 1.72. The van der Waals surface area contributed by atoms with Crippen molar-refractivity contribution in [2.24, 2.45) is 0 Å². The Kier molecular flexibility index (Phi) is 3.23. The van der Waals surface area contributed by atoms with Gasteiger partial charge in [0.25, 0.3) is 10.0 Å². The highest BCUT2D eigenvalue weighted by molar-refractivity contribution is 7.92. The lowest BCUT2D eigenvalue weighted by Crippen LogP contribution is -2.15. The van der Waals surface area contributed by atoms with Crippen LogP contribution in [0.15, 0.2) is 23.1 Å². The van der Waals surface area contributed by atoms with Crippen molar-refractivity contribution in [2.45, 2.75) is 25.7 Å². The van der Waals surface area contributed by atoms with E-state index in [1.165, 1.54) is 0 Å². The first-order chi connectivity index (χ1) is 8.83. The lowest BCUT2D eigenvalue weighted by atomic mass is 10.2. The fourth-order valence-electron chi connectivity index (χ4n) is 1.90. The molecule has 102 valence electrons. The number of aryl methyl sites for hydroxylation is 2. The van der Waals surface area contributed by atoms with Gasteiger partial charge in [0.05, 0.1) is 17.1 Å². The molecule has 2 rings (SSSR count). The number of hydrogen-bond donors (Lipinski definition) is 3. The summed E-state index contributed by atoms with van der Waals surface area (Å²) in [4.78, 5) is 0.175. The first-order valence-electron chi connectivity index (χ1n) is 5.72. The molecule has 19 heavy (non-hydrogen) atoms. The highest BCUT2D eigenvalue weighted by atomic mass is 32.2. The lowest BCUT2D eigenvalue weighted by molar-refractivity contribution is 0.600. The number of anilines is 2. The third-order valence-electron chi connectivity index (χ3n) is 2.95. The third kappa shape index (κ3) is 2.41. The van der Waals surface area contributed by atoms with Crippen LogP contribution in [-0.2, 0) is 10.0 Å². The van der Waals surface area contributed by atoms with E-state index in [-0.39, 0.29) is 4.90 Å². The molecule has 0 saturated carbocycles. The maximum atomic E-state index is 12.4. The summed E-state index contributed by atoms with van der Waals surface area (Å²) < 4.78 is 27.3. The Labute approximate surface area is 112 Å². The first-order valence-corrected chi connectivity index (χ1v) is 7.20. The molecule has 0 amide bonds. The van der Waals surface area contributed by atoms with Gasteiger partial charge in [-0.05, 0) is 38.5 Å². The minimum absolute atomic E-state index is 0.175. The van der Waals surface area contributed by atoms with Crippen LogP contribution in [0.25, 0.3) is 0 Å². The maximum absolute atomic E-state index is 12.4. The van der Waals surface area contributed by atoms with Gasteiger partial charge >= 0.3 is 0 Å². The van der Waals surface area contributed by atoms with Crippen molar-refractivity contribution in [1.29, 1.82) is 0 Å². The third-order valence-corrected chi connectivity index (χ3v) is 4.58. The van der Waals surface area contributed by atoms with Crippen molar-refractivity contribution in [3.05, 3.63) is 35.2 Å². The Hall–Kier alpha value is -2.02. The standard InChI is InChI=1S/C12H16N4O2S/c1-7-10(13)5-4-6-11(7)16-19(17,18)12-8(2)14-15-9(12)3/h4-6,16H,13H2,1-3H3,(H,14,15). The van der Waals surface area contributed by atoms with E-state index in [9.17, 15) is 8.42 Å². The van der Waals surface area contributed by atoms with E-state index in [0.717, 1.165) is 0 Å². The Morgan fingerprint density at radius 3 is 2.53 bits per heavy atom. The number of nitrogens with one attached hydrogen (secondary N) is 2. The number of rotatable bonds is 3. The molecule has 0 atom stereocenters. The molecule has 4 N–H and O–H groups in total. The van der Waals surface area contributed by atoms with Crippen LogP contribution in [0.4, 0.5) is 11.4 Å². The number of aromatic nitrogens is 2. The summed E-state index contributed by atoms with van der Waals surface area (Å²) in [5.74, 6) is 0. The molecular weight excluding hydrogens is 264 g/mol. The van der Waals surface area contributed by atoms with Crippen molar-refractivity contribution >= 4 is 21.4 Å². The van der Waals surface area contributed by atoms with Crippen LogP contribution < -0.4 is 10.5 Å². The van der Waals surface area contributed by atoms with Gasteiger partial charge in [0.2, 0.25) is 0 Å². The minimum atomic E-state index is -3.67. The summed E-state index contributed by atoms with van der Waals surface area (Å²) in [5, 5.41) is 6.56. The van der Waals surface area contributed by atoms with Crippen molar-refractivity contribution in [3.8, 4) is 0 Å². The highest BCUT2D eigenvalue weighted by Gasteiger charge is 2.22. The van der Waals surface area contributed by atoms with Crippen molar-refractivity contribution in [3.63, 3.8) is 0 Å². The van der Waals surface area contributed by atoms with Gasteiger partial charge in [-0.25, -0.2) is 8.42 Å². The van der Waals surface area contributed by atoms with Crippen LogP contribution in [0.5, 0.6) is 0 Å². The van der Waals surface area contributed by atoms with E-state index < -0.39 is 10.0 Å². The van der Waals surface area contributed by atoms with Crippen LogP contribution in [0, 0.1) is 20.8 Å². The van der Waals surface area contributed by atoms with E-state index in [1.54, 1.807) is 39.0 Å². The van der Waals surface area contributed by atoms with E-state index in [2.05, 4.69) is 14.9 Å². The largest absolute Gasteiger partial charge is 0.398 e. The molecule has 0 fully saturated rings. The Morgan fingerprint density at radius 1 is 1.26 bits per heavy atom. The van der Waals surface area contributed by atoms with Gasteiger partial charge < -0.3 is 5.73 Å². The summed E-state index contributed by atoms with van der Waals surface area (Å²) >= 11 is 0. The fraction of sp³-hybridized carbons (Fsp3) is 0.250. The van der Waals surface area contributed by atoms with E-state index >= 15 is 0 Å². The molecule has 0 spiro atoms. The second-order valence-electron chi connectivity index (χ2n) is 4.39. The Morgan fingerprint density at radius 2 is 1.95 bits per heavy atom. The molecule has 0 radical (unpaired) electrons. The van der Waals surface area contributed by atoms with Crippen LogP contribution in [0.3, 0.4) is 0 Å². The van der Waals surface area contributed by atoms with Gasteiger partial charge in [-0.3, -0.25) is 9.82 Å². The smallest absolute Gasteiger partial charge is 0.265 e. The normalized spacial score (nSPS) is 11.5. The molecule has 0 saturated heterocycles. The van der Waals surface area contributed by atoms with Gasteiger partial charge in [-0.15, -0.1) is 0 Å². The lowest BCUT2D eigenvalue weighted by Gasteiger charge is -2.12. The first kappa shape index (κ1) is 13.4. The zero-order valence-electron chi connectivity index (χ0n) is 11.0. The minimum Gasteiger partial charge on any atom is -0.398 e. The van der Waals surface area contributed by atoms with E-state index in [4.69, 9.17) is 5.73 Å². The zero-order valence-corrected chi connectivity index (χ0v) is 11.8. The number of H-pyrrole nitrogens is 1. The molecule has 0 unspecified atom stereocenters. The molecule has 0 bridgehead atoms. The summed E-state index contributed by atoms with van der Waals surface area (Å²) in [6, 6.07) is 5.10. The van der Waals surface area contributed by atoms with E-state index in [0.29, 0.717) is 28.3 Å². The van der Waals surface area contributed by atoms with Gasteiger partial charge in [0, 0.05) is 5.69 Å². The van der Waals surface area contributed by atoms with Crippen LogP contribution >= 0.6 is 0 Å². The number of aromatic amines is 1. The summed E-state index contributed by atoms with van der Waals surface area (Å²) in [5.41, 5.74) is 8.42. The number of nitrogens with zero attached hydrogens (tertiary/aromatic N) is 1. The SMILES string of the molecule is Cc1n[nH]c(C)c1S(=O)(=O)Nc1cccc(N)c1C. The number of sulfonamides is 1. The Bertz CT molecular complexity index is 700. The molecular formula is C12H16N4O2S.